The number of carbonyl (C=O) groups is 1. The fourth-order valence-electron chi connectivity index (χ4n) is 4.66. The highest BCUT2D eigenvalue weighted by molar-refractivity contribution is 6.07. The number of hydrogen-bond acceptors (Lipinski definition) is 3. The van der Waals surface area contributed by atoms with Crippen molar-refractivity contribution in [1.82, 2.24) is 14.4 Å². The molecule has 0 saturated carbocycles. The van der Waals surface area contributed by atoms with Crippen molar-refractivity contribution in [3.05, 3.63) is 84.4 Å². The van der Waals surface area contributed by atoms with Gasteiger partial charge in [0.2, 0.25) is 0 Å². The highest BCUT2D eigenvalue weighted by Gasteiger charge is 2.24. The van der Waals surface area contributed by atoms with Crippen molar-refractivity contribution < 1.29 is 9.90 Å². The predicted octanol–water partition coefficient (Wildman–Crippen LogP) is 3.61. The summed E-state index contributed by atoms with van der Waals surface area (Å²) >= 11 is 0. The van der Waals surface area contributed by atoms with Crippen LogP contribution in [0.15, 0.2) is 78.9 Å². The monoisotopic (exact) mass is 413 g/mol. The fourth-order valence-corrected chi connectivity index (χ4v) is 4.66. The minimum atomic E-state index is -0.476. The Hall–Kier alpha value is -3.15. The zero-order valence-electron chi connectivity index (χ0n) is 17.5. The maximum atomic E-state index is 12.6. The first-order valence-electron chi connectivity index (χ1n) is 10.9. The number of benzene rings is 3. The van der Waals surface area contributed by atoms with E-state index < -0.39 is 6.10 Å². The number of aromatic nitrogens is 1. The minimum Gasteiger partial charge on any atom is -0.390 e. The van der Waals surface area contributed by atoms with Crippen LogP contribution in [0.25, 0.3) is 21.8 Å². The second-order valence-electron chi connectivity index (χ2n) is 8.26. The van der Waals surface area contributed by atoms with Crippen molar-refractivity contribution >= 4 is 27.7 Å². The summed E-state index contributed by atoms with van der Waals surface area (Å²) in [5.41, 5.74) is 3.05. The summed E-state index contributed by atoms with van der Waals surface area (Å²) in [7, 11) is 0. The van der Waals surface area contributed by atoms with Gasteiger partial charge in [0.15, 0.2) is 0 Å². The zero-order chi connectivity index (χ0) is 21.2. The Kier molecular flexibility index (Phi) is 5.45. The maximum Gasteiger partial charge on any atom is 0.253 e. The van der Waals surface area contributed by atoms with Gasteiger partial charge in [-0.2, -0.15) is 0 Å². The van der Waals surface area contributed by atoms with E-state index in [9.17, 15) is 9.90 Å². The van der Waals surface area contributed by atoms with Gasteiger partial charge in [-0.25, -0.2) is 0 Å². The van der Waals surface area contributed by atoms with Gasteiger partial charge in [-0.3, -0.25) is 9.69 Å². The van der Waals surface area contributed by atoms with E-state index >= 15 is 0 Å². The number of piperazine rings is 1. The molecule has 0 aliphatic carbocycles. The summed E-state index contributed by atoms with van der Waals surface area (Å²) in [6, 6.07) is 26.2. The van der Waals surface area contributed by atoms with Crippen molar-refractivity contribution in [3.8, 4) is 0 Å². The summed E-state index contributed by atoms with van der Waals surface area (Å²) in [6.45, 7) is 4.10. The number of aliphatic hydroxyl groups excluding tert-OH is 1. The van der Waals surface area contributed by atoms with Crippen LogP contribution in [0.1, 0.15) is 10.4 Å². The lowest BCUT2D eigenvalue weighted by Crippen LogP contribution is -2.50. The lowest BCUT2D eigenvalue weighted by Gasteiger charge is -2.35. The molecule has 1 saturated heterocycles. The smallest absolute Gasteiger partial charge is 0.253 e. The number of carbonyl (C=O) groups excluding carboxylic acids is 1. The van der Waals surface area contributed by atoms with Gasteiger partial charge in [0.25, 0.3) is 5.91 Å². The summed E-state index contributed by atoms with van der Waals surface area (Å²) < 4.78 is 2.23. The molecule has 31 heavy (non-hydrogen) atoms. The highest BCUT2D eigenvalue weighted by Crippen LogP contribution is 2.29. The molecule has 1 aliphatic rings. The zero-order valence-corrected chi connectivity index (χ0v) is 17.5. The minimum absolute atomic E-state index is 0.0890. The van der Waals surface area contributed by atoms with E-state index in [4.69, 9.17) is 0 Å². The van der Waals surface area contributed by atoms with Crippen LogP contribution in [-0.2, 0) is 6.54 Å². The van der Waals surface area contributed by atoms with E-state index in [0.29, 0.717) is 26.2 Å². The molecule has 1 N–H and O–H groups in total. The molecule has 0 spiro atoms. The Morgan fingerprint density at radius 3 is 1.90 bits per heavy atom. The van der Waals surface area contributed by atoms with E-state index in [-0.39, 0.29) is 5.91 Å². The predicted molar refractivity (Wildman–Crippen MR) is 124 cm³/mol. The van der Waals surface area contributed by atoms with Crippen molar-refractivity contribution in [1.29, 1.82) is 0 Å². The number of rotatable bonds is 5. The molecule has 1 aromatic heterocycles. The molecule has 0 bridgehead atoms. The summed E-state index contributed by atoms with van der Waals surface area (Å²) in [4.78, 5) is 16.8. The molecule has 0 radical (unpaired) electrons. The summed E-state index contributed by atoms with van der Waals surface area (Å²) in [5, 5.41) is 13.3. The third-order valence-electron chi connectivity index (χ3n) is 6.22. The van der Waals surface area contributed by atoms with Crippen LogP contribution in [0.2, 0.25) is 0 Å². The Morgan fingerprint density at radius 1 is 0.742 bits per heavy atom. The Labute approximate surface area is 182 Å². The van der Waals surface area contributed by atoms with Crippen LogP contribution in [0, 0.1) is 0 Å². The summed E-state index contributed by atoms with van der Waals surface area (Å²) in [5.74, 6) is 0.0890. The van der Waals surface area contributed by atoms with E-state index in [0.717, 1.165) is 29.7 Å². The Bertz CT molecular complexity index is 1140. The second kappa shape index (κ2) is 8.53. The first-order chi connectivity index (χ1) is 15.2. The van der Waals surface area contributed by atoms with Gasteiger partial charge in [-0.05, 0) is 24.3 Å². The Morgan fingerprint density at radius 2 is 1.29 bits per heavy atom. The lowest BCUT2D eigenvalue weighted by molar-refractivity contribution is 0.0503. The van der Waals surface area contributed by atoms with Crippen molar-refractivity contribution in [2.24, 2.45) is 0 Å². The van der Waals surface area contributed by atoms with Gasteiger partial charge in [-0.1, -0.05) is 54.6 Å². The van der Waals surface area contributed by atoms with Crippen molar-refractivity contribution in [3.63, 3.8) is 0 Å². The molecule has 1 aliphatic heterocycles. The van der Waals surface area contributed by atoms with Gasteiger partial charge in [-0.15, -0.1) is 0 Å². The van der Waals surface area contributed by atoms with E-state index in [1.54, 1.807) is 0 Å². The van der Waals surface area contributed by atoms with Gasteiger partial charge in [0, 0.05) is 60.1 Å². The number of β-amino-alcohol motifs (C(OH)–C–C–N with tert-alkyl or cyclic N) is 1. The maximum absolute atomic E-state index is 12.6. The largest absolute Gasteiger partial charge is 0.390 e. The SMILES string of the molecule is O=C(c1ccccc1)N1CCN(CC(O)Cn2c3ccccc3c3ccccc32)CC1. The van der Waals surface area contributed by atoms with Crippen LogP contribution in [0.4, 0.5) is 0 Å². The number of nitrogens with zero attached hydrogens (tertiary/aromatic N) is 3. The molecule has 158 valence electrons. The van der Waals surface area contributed by atoms with Crippen LogP contribution in [0.5, 0.6) is 0 Å². The fraction of sp³-hybridized carbons (Fsp3) is 0.269. The first kappa shape index (κ1) is 19.8. The second-order valence-corrected chi connectivity index (χ2v) is 8.26. The Balaban J connectivity index is 1.24. The van der Waals surface area contributed by atoms with Crippen LogP contribution < -0.4 is 0 Å². The van der Waals surface area contributed by atoms with Crippen LogP contribution in [0.3, 0.4) is 0 Å². The molecular weight excluding hydrogens is 386 g/mol. The number of para-hydroxylation sites is 2. The summed E-state index contributed by atoms with van der Waals surface area (Å²) in [6.07, 6.45) is -0.476. The normalized spacial score (nSPS) is 16.1. The topological polar surface area (TPSA) is 48.7 Å². The first-order valence-corrected chi connectivity index (χ1v) is 10.9. The third kappa shape index (κ3) is 3.94. The molecule has 2 heterocycles. The molecule has 3 aromatic carbocycles. The average molecular weight is 414 g/mol. The molecule has 4 aromatic rings. The molecule has 1 amide bonds. The highest BCUT2D eigenvalue weighted by atomic mass is 16.3. The van der Waals surface area contributed by atoms with Crippen molar-refractivity contribution in [2.45, 2.75) is 12.6 Å². The van der Waals surface area contributed by atoms with Crippen LogP contribution in [-0.4, -0.2) is 64.2 Å². The number of amides is 1. The average Bonchev–Trinajstić information content (AvgIpc) is 3.13. The van der Waals surface area contributed by atoms with E-state index in [1.165, 1.54) is 10.8 Å². The van der Waals surface area contributed by atoms with Crippen molar-refractivity contribution in [2.75, 3.05) is 32.7 Å². The van der Waals surface area contributed by atoms with Gasteiger partial charge < -0.3 is 14.6 Å². The van der Waals surface area contributed by atoms with Crippen LogP contribution >= 0.6 is 0 Å². The third-order valence-corrected chi connectivity index (χ3v) is 6.22. The van der Waals surface area contributed by atoms with E-state index in [1.807, 2.05) is 47.4 Å². The molecule has 5 heteroatoms. The molecule has 5 nitrogen and oxygen atoms in total. The standard InChI is InChI=1S/C26H27N3O2/c30-21(18-27-14-16-28(17-15-27)26(31)20-8-2-1-3-9-20)19-29-24-12-6-4-10-22(24)23-11-5-7-13-25(23)29/h1-13,21,30H,14-19H2. The molecule has 1 unspecified atom stereocenters. The van der Waals surface area contributed by atoms with Gasteiger partial charge in [0.05, 0.1) is 12.6 Å². The lowest BCUT2D eigenvalue weighted by atomic mass is 10.2. The number of hydrogen-bond donors (Lipinski definition) is 1. The quantitative estimate of drug-likeness (QED) is 0.544. The molecular formula is C26H27N3O2. The molecule has 1 atom stereocenters. The van der Waals surface area contributed by atoms with Gasteiger partial charge in [0.1, 0.15) is 0 Å². The number of fused-ring (bicyclic) bond motifs is 3. The van der Waals surface area contributed by atoms with E-state index in [2.05, 4.69) is 45.9 Å². The van der Waals surface area contributed by atoms with Gasteiger partial charge >= 0.3 is 0 Å². The number of aliphatic hydroxyl groups is 1. The molecule has 1 fully saturated rings. The molecule has 5 rings (SSSR count).